The first-order valence-electron chi connectivity index (χ1n) is 8.70. The summed E-state index contributed by atoms with van der Waals surface area (Å²) in [7, 11) is -4.08. The van der Waals surface area contributed by atoms with Crippen molar-refractivity contribution in [2.24, 2.45) is 5.73 Å². The maximum Gasteiger partial charge on any atom is 0.272 e. The van der Waals surface area contributed by atoms with E-state index in [-0.39, 0.29) is 43.1 Å². The fraction of sp³-hybridized carbons (Fsp3) is 0.0526. The van der Waals surface area contributed by atoms with E-state index in [9.17, 15) is 22.7 Å². The number of primary amides is 1. The van der Waals surface area contributed by atoms with Gasteiger partial charge in [-0.2, -0.15) is 5.10 Å². The van der Waals surface area contributed by atoms with Crippen LogP contribution in [0, 0.1) is 5.82 Å². The molecule has 4 N–H and O–H groups in total. The zero-order valence-corrected chi connectivity index (χ0v) is 17.9. The molecule has 2 aromatic carbocycles. The first-order chi connectivity index (χ1) is 14.7. The monoisotopic (exact) mass is 480 g/mol. The number of sulfonamides is 1. The van der Waals surface area contributed by atoms with Crippen LogP contribution in [0.5, 0.6) is 5.75 Å². The molecule has 4 aromatic rings. The molecule has 0 bridgehead atoms. The van der Waals surface area contributed by atoms with Gasteiger partial charge < -0.3 is 10.8 Å². The van der Waals surface area contributed by atoms with E-state index in [4.69, 9.17) is 17.3 Å². The SMILES string of the molecule is NC(=O)c1cccc(Cn2nc(NS(=O)(=O)c3ccc(Cl)s3)c3c(O)ccc(F)c32)c1. The normalized spacial score (nSPS) is 11.7. The summed E-state index contributed by atoms with van der Waals surface area (Å²) in [4.78, 5) is 11.4. The number of fused-ring (bicyclic) bond motifs is 1. The average Bonchev–Trinajstić information content (AvgIpc) is 3.30. The molecule has 1 amide bonds. The minimum absolute atomic E-state index is 0.00937. The molecule has 160 valence electrons. The van der Waals surface area contributed by atoms with Gasteiger partial charge in [-0.1, -0.05) is 23.7 Å². The highest BCUT2D eigenvalue weighted by atomic mass is 35.5. The fourth-order valence-corrected chi connectivity index (χ4v) is 5.56. The standard InChI is InChI=1S/C19H14ClFN4O4S2/c20-14-6-7-15(30-14)31(28,29)24-19-16-13(26)5-4-12(21)17(16)25(23-19)9-10-2-1-3-11(8-10)18(22)27/h1-8,26H,9H2,(H2,22,27)(H,23,24). The smallest absolute Gasteiger partial charge is 0.272 e. The number of hydrogen-bond acceptors (Lipinski definition) is 6. The van der Waals surface area contributed by atoms with Gasteiger partial charge in [-0.05, 0) is 42.0 Å². The van der Waals surface area contributed by atoms with Crippen LogP contribution in [0.2, 0.25) is 4.34 Å². The van der Waals surface area contributed by atoms with Gasteiger partial charge in [0.05, 0.1) is 16.3 Å². The van der Waals surface area contributed by atoms with Gasteiger partial charge >= 0.3 is 0 Å². The second-order valence-corrected chi connectivity index (χ2v) is 10.1. The van der Waals surface area contributed by atoms with Crippen LogP contribution in [-0.2, 0) is 16.6 Å². The zero-order valence-electron chi connectivity index (χ0n) is 15.5. The number of nitrogens with one attached hydrogen (secondary N) is 1. The highest BCUT2D eigenvalue weighted by Gasteiger charge is 2.24. The molecule has 2 heterocycles. The fourth-order valence-electron chi connectivity index (χ4n) is 3.06. The lowest BCUT2D eigenvalue weighted by atomic mass is 10.1. The van der Waals surface area contributed by atoms with Crippen molar-refractivity contribution >= 4 is 55.6 Å². The van der Waals surface area contributed by atoms with Gasteiger partial charge in [0.15, 0.2) is 5.82 Å². The Morgan fingerprint density at radius 1 is 1.26 bits per heavy atom. The summed E-state index contributed by atoms with van der Waals surface area (Å²) < 4.78 is 43.8. The van der Waals surface area contributed by atoms with Crippen molar-refractivity contribution in [3.8, 4) is 5.75 Å². The van der Waals surface area contributed by atoms with Crippen LogP contribution in [-0.4, -0.2) is 29.2 Å². The minimum Gasteiger partial charge on any atom is -0.507 e. The van der Waals surface area contributed by atoms with E-state index >= 15 is 0 Å². The van der Waals surface area contributed by atoms with E-state index in [0.717, 1.165) is 23.5 Å². The average molecular weight is 481 g/mol. The Hall–Kier alpha value is -3.15. The molecule has 0 unspecified atom stereocenters. The highest BCUT2D eigenvalue weighted by molar-refractivity contribution is 7.94. The summed E-state index contributed by atoms with van der Waals surface area (Å²) in [5.74, 6) is -1.94. The Morgan fingerprint density at radius 3 is 2.71 bits per heavy atom. The van der Waals surface area contributed by atoms with Crippen LogP contribution < -0.4 is 10.5 Å². The molecule has 0 aliphatic carbocycles. The lowest BCUT2D eigenvalue weighted by Gasteiger charge is -2.06. The molecule has 0 aliphatic rings. The van der Waals surface area contributed by atoms with Crippen molar-refractivity contribution in [1.82, 2.24) is 9.78 Å². The number of rotatable bonds is 6. The lowest BCUT2D eigenvalue weighted by Crippen LogP contribution is -2.13. The maximum absolute atomic E-state index is 14.7. The van der Waals surface area contributed by atoms with Crippen molar-refractivity contribution in [1.29, 1.82) is 0 Å². The summed E-state index contributed by atoms with van der Waals surface area (Å²) in [5, 5.41) is 14.4. The van der Waals surface area contributed by atoms with E-state index in [0.29, 0.717) is 5.56 Å². The molecule has 0 fully saturated rings. The van der Waals surface area contributed by atoms with Crippen molar-refractivity contribution in [3.05, 3.63) is 69.8 Å². The largest absolute Gasteiger partial charge is 0.507 e. The zero-order chi connectivity index (χ0) is 22.3. The van der Waals surface area contributed by atoms with Crippen molar-refractivity contribution in [2.75, 3.05) is 4.72 Å². The summed E-state index contributed by atoms with van der Waals surface area (Å²) in [6, 6.07) is 11.3. The number of thiophene rings is 1. The van der Waals surface area contributed by atoms with E-state index in [2.05, 4.69) is 9.82 Å². The van der Waals surface area contributed by atoms with E-state index < -0.39 is 21.7 Å². The second kappa shape index (κ2) is 7.84. The van der Waals surface area contributed by atoms with Crippen molar-refractivity contribution < 1.29 is 22.7 Å². The Labute approximate surface area is 184 Å². The van der Waals surface area contributed by atoms with Gasteiger partial charge in [0, 0.05) is 5.56 Å². The third-order valence-corrected chi connectivity index (χ3v) is 7.47. The Morgan fingerprint density at radius 2 is 2.03 bits per heavy atom. The number of phenolic OH excluding ortho intramolecular Hbond substituents is 1. The van der Waals surface area contributed by atoms with Crippen LogP contribution in [0.4, 0.5) is 10.2 Å². The molecular weight excluding hydrogens is 467 g/mol. The number of hydrogen-bond donors (Lipinski definition) is 3. The predicted octanol–water partition coefficient (Wildman–Crippen LogP) is 3.54. The molecule has 2 aromatic heterocycles. The number of halogens is 2. The number of benzene rings is 2. The number of aromatic nitrogens is 2. The van der Waals surface area contributed by atoms with Crippen LogP contribution >= 0.6 is 22.9 Å². The van der Waals surface area contributed by atoms with Gasteiger partial charge in [0.2, 0.25) is 5.91 Å². The van der Waals surface area contributed by atoms with Crippen LogP contribution in [0.1, 0.15) is 15.9 Å². The van der Waals surface area contributed by atoms with E-state index in [1.165, 1.54) is 28.9 Å². The highest BCUT2D eigenvalue weighted by Crippen LogP contribution is 2.35. The van der Waals surface area contributed by atoms with Crippen LogP contribution in [0.25, 0.3) is 10.9 Å². The van der Waals surface area contributed by atoms with Gasteiger partial charge in [0.1, 0.15) is 21.3 Å². The molecule has 0 aliphatic heterocycles. The number of nitrogens with zero attached hydrogens (tertiary/aromatic N) is 2. The second-order valence-electron chi connectivity index (χ2n) is 6.53. The minimum atomic E-state index is -4.08. The third kappa shape index (κ3) is 4.07. The Kier molecular flexibility index (Phi) is 5.33. The lowest BCUT2D eigenvalue weighted by molar-refractivity contribution is 0.1000. The quantitative estimate of drug-likeness (QED) is 0.389. The number of aromatic hydroxyl groups is 1. The summed E-state index contributed by atoms with van der Waals surface area (Å²) in [5.41, 5.74) is 6.03. The Bertz CT molecular complexity index is 1430. The topological polar surface area (TPSA) is 127 Å². The van der Waals surface area contributed by atoms with Crippen LogP contribution in [0.3, 0.4) is 0 Å². The van der Waals surface area contributed by atoms with Crippen molar-refractivity contribution in [2.45, 2.75) is 10.8 Å². The van der Waals surface area contributed by atoms with Crippen LogP contribution in [0.15, 0.2) is 52.7 Å². The molecule has 0 saturated carbocycles. The molecule has 0 radical (unpaired) electrons. The molecule has 4 rings (SSSR count). The number of carbonyl (C=O) groups excluding carboxylic acids is 1. The molecule has 31 heavy (non-hydrogen) atoms. The number of amides is 1. The first kappa shape index (κ1) is 21.1. The summed E-state index contributed by atoms with van der Waals surface area (Å²) >= 11 is 6.66. The van der Waals surface area contributed by atoms with Gasteiger partial charge in [-0.3, -0.25) is 14.2 Å². The molecular formula is C19H14ClFN4O4S2. The van der Waals surface area contributed by atoms with Gasteiger partial charge in [0.25, 0.3) is 10.0 Å². The van der Waals surface area contributed by atoms with Gasteiger partial charge in [-0.15, -0.1) is 11.3 Å². The number of anilines is 1. The number of carbonyl (C=O) groups is 1. The molecule has 8 nitrogen and oxygen atoms in total. The Balaban J connectivity index is 1.82. The number of phenols is 1. The summed E-state index contributed by atoms with van der Waals surface area (Å²) in [6.45, 7) is -0.00937. The first-order valence-corrected chi connectivity index (χ1v) is 11.4. The molecule has 0 spiro atoms. The molecule has 12 heteroatoms. The molecule has 0 atom stereocenters. The van der Waals surface area contributed by atoms with E-state index in [1.54, 1.807) is 12.1 Å². The van der Waals surface area contributed by atoms with E-state index in [1.807, 2.05) is 0 Å². The maximum atomic E-state index is 14.7. The number of nitrogens with two attached hydrogens (primary N) is 1. The summed E-state index contributed by atoms with van der Waals surface area (Å²) in [6.07, 6.45) is 0. The third-order valence-electron chi connectivity index (χ3n) is 4.41. The van der Waals surface area contributed by atoms with Crippen molar-refractivity contribution in [3.63, 3.8) is 0 Å². The predicted molar refractivity (Wildman–Crippen MR) is 116 cm³/mol. The molecule has 0 saturated heterocycles. The van der Waals surface area contributed by atoms with Gasteiger partial charge in [-0.25, -0.2) is 12.8 Å².